The number of hydrogen-bond acceptors (Lipinski definition) is 2. The Morgan fingerprint density at radius 2 is 2.21 bits per heavy atom. The van der Waals surface area contributed by atoms with E-state index in [-0.39, 0.29) is 16.8 Å². The second-order valence-electron chi connectivity index (χ2n) is 4.02. The van der Waals surface area contributed by atoms with Gasteiger partial charge in [-0.25, -0.2) is 4.39 Å². The average molecular weight is 329 g/mol. The first-order valence-electron chi connectivity index (χ1n) is 5.35. The summed E-state index contributed by atoms with van der Waals surface area (Å²) in [5.74, 6) is -1.68. The van der Waals surface area contributed by atoms with Gasteiger partial charge in [-0.15, -0.1) is 0 Å². The third kappa shape index (κ3) is 2.60. The van der Waals surface area contributed by atoms with Gasteiger partial charge >= 0.3 is 5.97 Å². The quantitative estimate of drug-likeness (QED) is 0.903. The highest BCUT2D eigenvalue weighted by atomic mass is 79.9. The minimum Gasteiger partial charge on any atom is -0.481 e. The number of nitrogens with one attached hydrogen (secondary N) is 1. The van der Waals surface area contributed by atoms with E-state index in [0.717, 1.165) is 4.68 Å². The van der Waals surface area contributed by atoms with E-state index >= 15 is 0 Å². The highest BCUT2D eigenvalue weighted by molar-refractivity contribution is 9.10. The molecule has 2 rings (SSSR count). The Morgan fingerprint density at radius 3 is 2.84 bits per heavy atom. The molecule has 0 aliphatic carbocycles. The summed E-state index contributed by atoms with van der Waals surface area (Å²) in [7, 11) is 1.45. The van der Waals surface area contributed by atoms with E-state index in [1.54, 1.807) is 0 Å². The van der Waals surface area contributed by atoms with Crippen LogP contribution in [-0.4, -0.2) is 20.9 Å². The van der Waals surface area contributed by atoms with Gasteiger partial charge in [0.25, 0.3) is 5.56 Å². The predicted molar refractivity (Wildman–Crippen MR) is 70.5 cm³/mol. The Bertz CT molecular complexity index is 705. The molecule has 7 heteroatoms. The molecule has 0 aliphatic heterocycles. The van der Waals surface area contributed by atoms with Gasteiger partial charge in [-0.3, -0.25) is 19.4 Å². The fourth-order valence-corrected chi connectivity index (χ4v) is 2.18. The molecule has 5 nitrogen and oxygen atoms in total. The number of carboxylic acids is 1. The zero-order valence-electron chi connectivity index (χ0n) is 9.91. The number of aromatic amines is 1. The summed E-state index contributed by atoms with van der Waals surface area (Å²) in [5.41, 5.74) is -0.0965. The predicted octanol–water partition coefficient (Wildman–Crippen LogP) is 1.91. The maximum atomic E-state index is 13.8. The lowest BCUT2D eigenvalue weighted by Gasteiger charge is -2.03. The molecule has 0 atom stereocenters. The van der Waals surface area contributed by atoms with Crippen molar-refractivity contribution in [2.45, 2.75) is 6.42 Å². The van der Waals surface area contributed by atoms with Crippen molar-refractivity contribution in [1.82, 2.24) is 9.78 Å². The van der Waals surface area contributed by atoms with Crippen molar-refractivity contribution in [3.8, 4) is 11.3 Å². The van der Waals surface area contributed by atoms with Gasteiger partial charge in [-0.05, 0) is 18.2 Å². The van der Waals surface area contributed by atoms with Crippen molar-refractivity contribution in [3.63, 3.8) is 0 Å². The molecule has 0 fully saturated rings. The maximum absolute atomic E-state index is 13.8. The van der Waals surface area contributed by atoms with Crippen LogP contribution in [-0.2, 0) is 18.3 Å². The molecule has 0 spiro atoms. The summed E-state index contributed by atoms with van der Waals surface area (Å²) in [6.45, 7) is 0. The van der Waals surface area contributed by atoms with Gasteiger partial charge in [0, 0.05) is 17.1 Å². The number of carboxylic acid groups (broad SMARTS) is 1. The van der Waals surface area contributed by atoms with Crippen molar-refractivity contribution in [2.24, 2.45) is 7.05 Å². The number of aryl methyl sites for hydroxylation is 1. The van der Waals surface area contributed by atoms with Gasteiger partial charge in [-0.1, -0.05) is 15.9 Å². The Hall–Kier alpha value is -1.89. The van der Waals surface area contributed by atoms with Crippen LogP contribution in [0.4, 0.5) is 4.39 Å². The molecule has 0 aliphatic rings. The summed E-state index contributed by atoms with van der Waals surface area (Å²) < 4.78 is 15.6. The number of rotatable bonds is 3. The zero-order valence-corrected chi connectivity index (χ0v) is 11.5. The van der Waals surface area contributed by atoms with Gasteiger partial charge in [0.2, 0.25) is 0 Å². The first-order valence-corrected chi connectivity index (χ1v) is 6.14. The number of hydrogen-bond donors (Lipinski definition) is 2. The van der Waals surface area contributed by atoms with Crippen molar-refractivity contribution in [1.29, 1.82) is 0 Å². The number of carbonyl (C=O) groups is 1. The second-order valence-corrected chi connectivity index (χ2v) is 4.94. The van der Waals surface area contributed by atoms with Crippen LogP contribution in [0.25, 0.3) is 11.3 Å². The summed E-state index contributed by atoms with van der Waals surface area (Å²) in [6, 6.07) is 4.26. The number of aliphatic carboxylic acids is 1. The van der Waals surface area contributed by atoms with Crippen molar-refractivity contribution in [2.75, 3.05) is 0 Å². The van der Waals surface area contributed by atoms with E-state index in [1.807, 2.05) is 0 Å². The standard InChI is InChI=1S/C12H10BrFN2O3/c1-16-12(19)8(5-10(17)18)11(15-16)7-4-6(13)2-3-9(7)14/h2-4,15H,5H2,1H3,(H,17,18). The fourth-order valence-electron chi connectivity index (χ4n) is 1.82. The fraction of sp³-hybridized carbons (Fsp3) is 0.167. The molecule has 0 amide bonds. The van der Waals surface area contributed by atoms with E-state index in [4.69, 9.17) is 5.11 Å². The lowest BCUT2D eigenvalue weighted by atomic mass is 10.1. The van der Waals surface area contributed by atoms with E-state index in [0.29, 0.717) is 4.47 Å². The molecular formula is C12H10BrFN2O3. The molecule has 2 aromatic rings. The molecule has 0 radical (unpaired) electrons. The Balaban J connectivity index is 2.68. The lowest BCUT2D eigenvalue weighted by molar-refractivity contribution is -0.136. The molecule has 1 aromatic carbocycles. The van der Waals surface area contributed by atoms with Crippen molar-refractivity contribution in [3.05, 3.63) is 44.4 Å². The summed E-state index contributed by atoms with van der Waals surface area (Å²) in [5, 5.41) is 11.5. The van der Waals surface area contributed by atoms with Crippen LogP contribution >= 0.6 is 15.9 Å². The molecule has 1 aromatic heterocycles. The number of aromatic nitrogens is 2. The molecule has 100 valence electrons. The summed E-state index contributed by atoms with van der Waals surface area (Å²) in [4.78, 5) is 22.6. The molecular weight excluding hydrogens is 319 g/mol. The third-order valence-electron chi connectivity index (χ3n) is 2.67. The van der Waals surface area contributed by atoms with Crippen LogP contribution in [0.3, 0.4) is 0 Å². The SMILES string of the molecule is Cn1[nH]c(-c2cc(Br)ccc2F)c(CC(=O)O)c1=O. The molecule has 1 heterocycles. The Kier molecular flexibility index (Phi) is 3.57. The topological polar surface area (TPSA) is 75.1 Å². The first-order chi connectivity index (χ1) is 8.90. The largest absolute Gasteiger partial charge is 0.481 e. The second kappa shape index (κ2) is 5.00. The molecule has 0 saturated heterocycles. The van der Waals surface area contributed by atoms with E-state index in [2.05, 4.69) is 21.0 Å². The smallest absolute Gasteiger partial charge is 0.308 e. The molecule has 0 unspecified atom stereocenters. The van der Waals surface area contributed by atoms with E-state index < -0.39 is 23.8 Å². The number of benzene rings is 1. The molecule has 2 N–H and O–H groups in total. The molecule has 19 heavy (non-hydrogen) atoms. The summed E-state index contributed by atoms with van der Waals surface area (Å²) in [6.07, 6.45) is -0.461. The van der Waals surface area contributed by atoms with Gasteiger partial charge in [-0.2, -0.15) is 0 Å². The van der Waals surface area contributed by atoms with E-state index in [9.17, 15) is 14.0 Å². The van der Waals surface area contributed by atoms with Crippen LogP contribution in [0.5, 0.6) is 0 Å². The maximum Gasteiger partial charge on any atom is 0.308 e. The first kappa shape index (κ1) is 13.5. The Morgan fingerprint density at radius 1 is 1.53 bits per heavy atom. The van der Waals surface area contributed by atoms with Gasteiger partial charge in [0.05, 0.1) is 17.7 Å². The van der Waals surface area contributed by atoms with Crippen LogP contribution < -0.4 is 5.56 Å². The third-order valence-corrected chi connectivity index (χ3v) is 3.16. The van der Waals surface area contributed by atoms with E-state index in [1.165, 1.54) is 25.2 Å². The normalized spacial score (nSPS) is 10.7. The van der Waals surface area contributed by atoms with Crippen LogP contribution in [0.2, 0.25) is 0 Å². The van der Waals surface area contributed by atoms with Crippen LogP contribution in [0.15, 0.2) is 27.5 Å². The number of nitrogens with zero attached hydrogens (tertiary/aromatic N) is 1. The van der Waals surface area contributed by atoms with Gasteiger partial charge in [0.15, 0.2) is 0 Å². The summed E-state index contributed by atoms with van der Waals surface area (Å²) >= 11 is 3.21. The molecule has 0 bridgehead atoms. The highest BCUT2D eigenvalue weighted by Crippen LogP contribution is 2.26. The minimum absolute atomic E-state index is 0.0343. The van der Waals surface area contributed by atoms with Crippen LogP contribution in [0, 0.1) is 5.82 Å². The zero-order chi connectivity index (χ0) is 14.2. The minimum atomic E-state index is -1.15. The highest BCUT2D eigenvalue weighted by Gasteiger charge is 2.19. The van der Waals surface area contributed by atoms with Crippen molar-refractivity contribution < 1.29 is 14.3 Å². The van der Waals surface area contributed by atoms with Crippen molar-refractivity contribution >= 4 is 21.9 Å². The lowest BCUT2D eigenvalue weighted by Crippen LogP contribution is -2.17. The molecule has 0 saturated carbocycles. The Labute approximate surface area is 115 Å². The number of halogens is 2. The monoisotopic (exact) mass is 328 g/mol. The van der Waals surface area contributed by atoms with Crippen LogP contribution in [0.1, 0.15) is 5.56 Å². The average Bonchev–Trinajstić information content (AvgIpc) is 2.60. The number of H-pyrrole nitrogens is 1. The van der Waals surface area contributed by atoms with Gasteiger partial charge in [0.1, 0.15) is 5.82 Å². The van der Waals surface area contributed by atoms with Gasteiger partial charge < -0.3 is 5.11 Å².